The molecule has 3 heterocycles. The largest absolute Gasteiger partial charge is 0.466 e. The van der Waals surface area contributed by atoms with Gasteiger partial charge in [0, 0.05) is 25.7 Å². The molecule has 4 rings (SSSR count). The molecule has 1 aromatic carbocycles. The van der Waals surface area contributed by atoms with Crippen molar-refractivity contribution in [3.63, 3.8) is 0 Å². The van der Waals surface area contributed by atoms with Crippen LogP contribution in [0.1, 0.15) is 24.5 Å². The number of hydrogen-bond acceptors (Lipinski definition) is 8. The predicted octanol–water partition coefficient (Wildman–Crippen LogP) is 2.03. The first-order valence-electron chi connectivity index (χ1n) is 10.2. The summed E-state index contributed by atoms with van der Waals surface area (Å²) in [7, 11) is 0. The molecule has 9 heteroatoms. The third-order valence-corrected chi connectivity index (χ3v) is 5.02. The molecular weight excluding hydrogens is 382 g/mol. The molecule has 1 aliphatic heterocycles. The van der Waals surface area contributed by atoms with E-state index in [0.717, 1.165) is 31.7 Å². The summed E-state index contributed by atoms with van der Waals surface area (Å²) in [6.07, 6.45) is 5.53. The highest BCUT2D eigenvalue weighted by molar-refractivity contribution is 5.69. The van der Waals surface area contributed by atoms with Crippen molar-refractivity contribution in [3.8, 4) is 5.82 Å². The molecule has 30 heavy (non-hydrogen) atoms. The van der Waals surface area contributed by atoms with Crippen LogP contribution in [-0.4, -0.2) is 57.2 Å². The van der Waals surface area contributed by atoms with E-state index in [1.807, 2.05) is 6.07 Å². The molecule has 0 radical (unpaired) electrons. The Labute approximate surface area is 175 Å². The second kappa shape index (κ2) is 9.34. The minimum absolute atomic E-state index is 0.247. The molecule has 0 spiro atoms. The van der Waals surface area contributed by atoms with E-state index in [-0.39, 0.29) is 12.4 Å². The van der Waals surface area contributed by atoms with E-state index in [9.17, 15) is 4.79 Å². The molecule has 3 aromatic rings. The summed E-state index contributed by atoms with van der Waals surface area (Å²) in [6.45, 7) is 4.30. The highest BCUT2D eigenvalue weighted by Gasteiger charge is 2.17. The number of fused-ring (bicyclic) bond motifs is 1. The van der Waals surface area contributed by atoms with Crippen LogP contribution < -0.4 is 10.2 Å². The quantitative estimate of drug-likeness (QED) is 0.594. The van der Waals surface area contributed by atoms with Crippen LogP contribution in [0.3, 0.4) is 0 Å². The van der Waals surface area contributed by atoms with Crippen molar-refractivity contribution in [2.24, 2.45) is 0 Å². The maximum absolute atomic E-state index is 11.6. The number of aromatic nitrogens is 5. The van der Waals surface area contributed by atoms with E-state index in [4.69, 9.17) is 9.72 Å². The van der Waals surface area contributed by atoms with Crippen LogP contribution >= 0.6 is 0 Å². The van der Waals surface area contributed by atoms with E-state index in [2.05, 4.69) is 49.8 Å². The molecule has 0 saturated heterocycles. The van der Waals surface area contributed by atoms with Crippen molar-refractivity contribution in [1.29, 1.82) is 0 Å². The van der Waals surface area contributed by atoms with Gasteiger partial charge in [-0.25, -0.2) is 4.68 Å². The number of carbonyl (C=O) groups is 1. The van der Waals surface area contributed by atoms with E-state index in [0.29, 0.717) is 24.9 Å². The Morgan fingerprint density at radius 1 is 1.13 bits per heavy atom. The SMILES string of the molecule is CCOC(=O)CCNc1nc(N2CCc3ccccc3CC2)cc(-n2ccnn2)n1. The molecule has 0 atom stereocenters. The molecule has 2 aromatic heterocycles. The molecule has 0 fully saturated rings. The fraction of sp³-hybridized carbons (Fsp3) is 0.381. The lowest BCUT2D eigenvalue weighted by atomic mass is 10.0. The number of nitrogens with one attached hydrogen (secondary N) is 1. The van der Waals surface area contributed by atoms with Gasteiger partial charge in [-0.3, -0.25) is 4.79 Å². The molecule has 1 aliphatic rings. The van der Waals surface area contributed by atoms with Gasteiger partial charge in [0.2, 0.25) is 5.95 Å². The zero-order valence-electron chi connectivity index (χ0n) is 17.0. The number of nitrogens with zero attached hydrogens (tertiary/aromatic N) is 6. The van der Waals surface area contributed by atoms with E-state index >= 15 is 0 Å². The van der Waals surface area contributed by atoms with Gasteiger partial charge in [0.15, 0.2) is 5.82 Å². The van der Waals surface area contributed by atoms with Crippen LogP contribution in [0.25, 0.3) is 5.82 Å². The van der Waals surface area contributed by atoms with Crippen LogP contribution in [0.2, 0.25) is 0 Å². The van der Waals surface area contributed by atoms with Gasteiger partial charge in [-0.1, -0.05) is 29.5 Å². The zero-order chi connectivity index (χ0) is 20.8. The second-order valence-electron chi connectivity index (χ2n) is 6.99. The van der Waals surface area contributed by atoms with Gasteiger partial charge in [0.05, 0.1) is 25.4 Å². The van der Waals surface area contributed by atoms with Gasteiger partial charge in [-0.2, -0.15) is 9.97 Å². The first-order valence-corrected chi connectivity index (χ1v) is 10.2. The average Bonchev–Trinajstić information content (AvgIpc) is 3.21. The summed E-state index contributed by atoms with van der Waals surface area (Å²) < 4.78 is 6.58. The number of hydrogen-bond donors (Lipinski definition) is 1. The lowest BCUT2D eigenvalue weighted by molar-refractivity contribution is -0.142. The molecule has 0 saturated carbocycles. The monoisotopic (exact) mass is 407 g/mol. The standard InChI is InChI=1S/C21H25N7O2/c1-2-30-20(29)7-10-22-21-24-18(15-19(25-21)28-14-11-23-26-28)27-12-8-16-5-3-4-6-17(16)9-13-27/h3-6,11,14-15H,2,7-10,12-13H2,1H3,(H,22,24,25). The lowest BCUT2D eigenvalue weighted by Gasteiger charge is -2.22. The Balaban J connectivity index is 1.54. The number of rotatable bonds is 7. The van der Waals surface area contributed by atoms with Crippen molar-refractivity contribution in [2.75, 3.05) is 36.5 Å². The Morgan fingerprint density at radius 2 is 1.87 bits per heavy atom. The lowest BCUT2D eigenvalue weighted by Crippen LogP contribution is -2.27. The summed E-state index contributed by atoms with van der Waals surface area (Å²) in [5.74, 6) is 1.65. The molecule has 0 aliphatic carbocycles. The highest BCUT2D eigenvalue weighted by atomic mass is 16.5. The Kier molecular flexibility index (Phi) is 6.17. The Morgan fingerprint density at radius 3 is 2.53 bits per heavy atom. The summed E-state index contributed by atoms with van der Waals surface area (Å²) >= 11 is 0. The fourth-order valence-corrected chi connectivity index (χ4v) is 3.52. The number of ether oxygens (including phenoxy) is 1. The molecule has 0 bridgehead atoms. The van der Waals surface area contributed by atoms with E-state index in [1.165, 1.54) is 11.1 Å². The van der Waals surface area contributed by atoms with Gasteiger partial charge in [-0.05, 0) is 30.9 Å². The molecule has 156 valence electrons. The van der Waals surface area contributed by atoms with Crippen LogP contribution in [0.5, 0.6) is 0 Å². The number of esters is 1. The molecule has 9 nitrogen and oxygen atoms in total. The maximum atomic E-state index is 11.6. The van der Waals surface area contributed by atoms with E-state index in [1.54, 1.807) is 24.0 Å². The number of benzene rings is 1. The average molecular weight is 407 g/mol. The van der Waals surface area contributed by atoms with Gasteiger partial charge in [-0.15, -0.1) is 5.10 Å². The first kappa shape index (κ1) is 19.8. The molecule has 0 amide bonds. The topological polar surface area (TPSA) is 98.1 Å². The van der Waals surface area contributed by atoms with E-state index < -0.39 is 0 Å². The Hall–Kier alpha value is -3.49. The second-order valence-corrected chi connectivity index (χ2v) is 6.99. The summed E-state index contributed by atoms with van der Waals surface area (Å²) in [4.78, 5) is 23.1. The van der Waals surface area contributed by atoms with Gasteiger partial charge in [0.1, 0.15) is 5.82 Å². The maximum Gasteiger partial charge on any atom is 0.307 e. The predicted molar refractivity (Wildman–Crippen MR) is 113 cm³/mol. The first-order chi connectivity index (χ1) is 14.7. The highest BCUT2D eigenvalue weighted by Crippen LogP contribution is 2.22. The fourth-order valence-electron chi connectivity index (χ4n) is 3.52. The molecule has 0 unspecified atom stereocenters. The van der Waals surface area contributed by atoms with Crippen LogP contribution in [0.15, 0.2) is 42.7 Å². The third-order valence-electron chi connectivity index (χ3n) is 5.02. The van der Waals surface area contributed by atoms with Crippen LogP contribution in [0, 0.1) is 0 Å². The van der Waals surface area contributed by atoms with Gasteiger partial charge in [0.25, 0.3) is 0 Å². The van der Waals surface area contributed by atoms with Crippen LogP contribution in [-0.2, 0) is 22.4 Å². The molecule has 1 N–H and O–H groups in total. The normalized spacial score (nSPS) is 13.4. The van der Waals surface area contributed by atoms with Crippen molar-refractivity contribution < 1.29 is 9.53 Å². The van der Waals surface area contributed by atoms with Crippen molar-refractivity contribution in [1.82, 2.24) is 25.0 Å². The number of carbonyl (C=O) groups excluding carboxylic acids is 1. The third kappa shape index (κ3) is 4.73. The van der Waals surface area contributed by atoms with Gasteiger partial charge >= 0.3 is 5.97 Å². The smallest absolute Gasteiger partial charge is 0.307 e. The Bertz CT molecular complexity index is 964. The van der Waals surface area contributed by atoms with Gasteiger partial charge < -0.3 is 15.0 Å². The minimum atomic E-state index is -0.247. The van der Waals surface area contributed by atoms with Crippen molar-refractivity contribution in [2.45, 2.75) is 26.2 Å². The zero-order valence-corrected chi connectivity index (χ0v) is 17.0. The summed E-state index contributed by atoms with van der Waals surface area (Å²) in [5, 5.41) is 11.1. The molecular formula is C21H25N7O2. The van der Waals surface area contributed by atoms with Crippen molar-refractivity contribution >= 4 is 17.7 Å². The number of anilines is 2. The summed E-state index contributed by atoms with van der Waals surface area (Å²) in [5.41, 5.74) is 2.77. The van der Waals surface area contributed by atoms with Crippen molar-refractivity contribution in [3.05, 3.63) is 53.9 Å². The summed E-state index contributed by atoms with van der Waals surface area (Å²) in [6, 6.07) is 10.5. The minimum Gasteiger partial charge on any atom is -0.466 e. The van der Waals surface area contributed by atoms with Crippen LogP contribution in [0.4, 0.5) is 11.8 Å².